The Morgan fingerprint density at radius 3 is 2.48 bits per heavy atom. The molecule has 0 aliphatic heterocycles. The summed E-state index contributed by atoms with van der Waals surface area (Å²) >= 11 is 3.29. The van der Waals surface area contributed by atoms with Crippen molar-refractivity contribution in [1.29, 1.82) is 5.26 Å². The number of carbonyl (C=O) groups excluding carboxylic acids is 2. The number of rotatable bonds is 5. The van der Waals surface area contributed by atoms with Crippen LogP contribution in [0.3, 0.4) is 0 Å². The molecule has 1 aromatic heterocycles. The number of pyridine rings is 1. The number of hydrogen-bond donors (Lipinski definition) is 1. The first kappa shape index (κ1) is 20.7. The predicted molar refractivity (Wildman–Crippen MR) is 112 cm³/mol. The number of amides is 1. The van der Waals surface area contributed by atoms with Crippen LogP contribution in [-0.4, -0.2) is 24.0 Å². The largest absolute Gasteiger partial charge is 0.465 e. The summed E-state index contributed by atoms with van der Waals surface area (Å²) in [7, 11) is 1.34. The lowest BCUT2D eigenvalue weighted by Gasteiger charge is -2.31. The molecule has 1 amide bonds. The lowest BCUT2D eigenvalue weighted by Crippen LogP contribution is -2.44. The van der Waals surface area contributed by atoms with E-state index in [4.69, 9.17) is 4.74 Å². The third-order valence-electron chi connectivity index (χ3n) is 5.06. The maximum atomic E-state index is 12.9. The molecule has 29 heavy (non-hydrogen) atoms. The highest BCUT2D eigenvalue weighted by Gasteiger charge is 2.37. The zero-order valence-electron chi connectivity index (χ0n) is 15.9. The SMILES string of the molecule is COC(=O)c1ccc(C2(NC(=O)/C(C#N)=C/c3cccc(Br)n3)CCCC2)cc1. The minimum Gasteiger partial charge on any atom is -0.465 e. The first-order valence-electron chi connectivity index (χ1n) is 9.23. The van der Waals surface area contributed by atoms with Crippen LogP contribution in [0.4, 0.5) is 0 Å². The highest BCUT2D eigenvalue weighted by Crippen LogP contribution is 2.39. The van der Waals surface area contributed by atoms with Crippen molar-refractivity contribution in [3.05, 3.63) is 69.5 Å². The Labute approximate surface area is 177 Å². The van der Waals surface area contributed by atoms with Crippen LogP contribution in [0.1, 0.15) is 47.3 Å². The van der Waals surface area contributed by atoms with Crippen molar-refractivity contribution in [2.75, 3.05) is 7.11 Å². The van der Waals surface area contributed by atoms with Gasteiger partial charge in [0.05, 0.1) is 23.9 Å². The maximum absolute atomic E-state index is 12.9. The quantitative estimate of drug-likeness (QED) is 0.318. The molecule has 0 radical (unpaired) electrons. The van der Waals surface area contributed by atoms with E-state index in [-0.39, 0.29) is 5.57 Å². The van der Waals surface area contributed by atoms with Crippen molar-refractivity contribution in [2.45, 2.75) is 31.2 Å². The number of benzene rings is 1. The van der Waals surface area contributed by atoms with Gasteiger partial charge in [0.2, 0.25) is 0 Å². The van der Waals surface area contributed by atoms with Gasteiger partial charge in [-0.05, 0) is 64.7 Å². The minimum absolute atomic E-state index is 0.00643. The molecule has 1 N–H and O–H groups in total. The van der Waals surface area contributed by atoms with Crippen molar-refractivity contribution in [3.8, 4) is 6.07 Å². The van der Waals surface area contributed by atoms with Crippen LogP contribution in [-0.2, 0) is 15.1 Å². The molecule has 1 fully saturated rings. The molecule has 0 atom stereocenters. The van der Waals surface area contributed by atoms with Gasteiger partial charge in [0.1, 0.15) is 16.2 Å². The third-order valence-corrected chi connectivity index (χ3v) is 5.50. The van der Waals surface area contributed by atoms with E-state index in [2.05, 4.69) is 26.2 Å². The van der Waals surface area contributed by atoms with E-state index < -0.39 is 17.4 Å². The minimum atomic E-state index is -0.563. The second kappa shape index (κ2) is 9.01. The fourth-order valence-electron chi connectivity index (χ4n) is 3.59. The van der Waals surface area contributed by atoms with E-state index in [0.29, 0.717) is 15.9 Å². The Morgan fingerprint density at radius 2 is 1.90 bits per heavy atom. The van der Waals surface area contributed by atoms with Crippen LogP contribution in [0, 0.1) is 11.3 Å². The van der Waals surface area contributed by atoms with Crippen LogP contribution in [0.15, 0.2) is 52.6 Å². The monoisotopic (exact) mass is 453 g/mol. The van der Waals surface area contributed by atoms with E-state index in [9.17, 15) is 14.9 Å². The normalized spacial score (nSPS) is 15.4. The number of nitrogens with one attached hydrogen (secondary N) is 1. The van der Waals surface area contributed by atoms with Crippen molar-refractivity contribution in [3.63, 3.8) is 0 Å². The molecule has 3 rings (SSSR count). The van der Waals surface area contributed by atoms with Gasteiger partial charge in [0, 0.05) is 0 Å². The predicted octanol–water partition coefficient (Wildman–Crippen LogP) is 4.12. The van der Waals surface area contributed by atoms with Gasteiger partial charge in [0.15, 0.2) is 0 Å². The lowest BCUT2D eigenvalue weighted by molar-refractivity contribution is -0.119. The first-order chi connectivity index (χ1) is 14.0. The van der Waals surface area contributed by atoms with Crippen LogP contribution in [0.2, 0.25) is 0 Å². The number of nitriles is 1. The zero-order valence-corrected chi connectivity index (χ0v) is 17.5. The molecule has 2 aromatic rings. The van der Waals surface area contributed by atoms with E-state index in [1.165, 1.54) is 13.2 Å². The van der Waals surface area contributed by atoms with Crippen LogP contribution in [0.25, 0.3) is 6.08 Å². The van der Waals surface area contributed by atoms with Gasteiger partial charge in [-0.3, -0.25) is 4.79 Å². The topological polar surface area (TPSA) is 92.1 Å². The fourth-order valence-corrected chi connectivity index (χ4v) is 3.95. The molecule has 148 valence electrons. The van der Waals surface area contributed by atoms with Crippen LogP contribution >= 0.6 is 15.9 Å². The number of esters is 1. The van der Waals surface area contributed by atoms with E-state index in [0.717, 1.165) is 31.2 Å². The van der Waals surface area contributed by atoms with E-state index in [1.807, 2.05) is 18.2 Å². The molecule has 1 heterocycles. The summed E-state index contributed by atoms with van der Waals surface area (Å²) in [5, 5.41) is 12.6. The average molecular weight is 454 g/mol. The third kappa shape index (κ3) is 4.72. The Morgan fingerprint density at radius 1 is 1.21 bits per heavy atom. The summed E-state index contributed by atoms with van der Waals surface area (Å²) in [5.74, 6) is -0.842. The number of nitrogens with zero attached hydrogens (tertiary/aromatic N) is 2. The fraction of sp³-hybridized carbons (Fsp3) is 0.273. The van der Waals surface area contributed by atoms with Gasteiger partial charge in [-0.25, -0.2) is 9.78 Å². The Bertz CT molecular complexity index is 987. The van der Waals surface area contributed by atoms with Crippen LogP contribution < -0.4 is 5.32 Å². The number of halogens is 1. The van der Waals surface area contributed by atoms with E-state index >= 15 is 0 Å². The van der Waals surface area contributed by atoms with Crippen molar-refractivity contribution >= 4 is 33.9 Å². The number of methoxy groups -OCH3 is 1. The van der Waals surface area contributed by atoms with Crippen molar-refractivity contribution < 1.29 is 14.3 Å². The molecule has 1 saturated carbocycles. The smallest absolute Gasteiger partial charge is 0.337 e. The average Bonchev–Trinajstić information content (AvgIpc) is 3.21. The molecule has 1 aliphatic rings. The summed E-state index contributed by atoms with van der Waals surface area (Å²) in [6, 6.07) is 14.3. The summed E-state index contributed by atoms with van der Waals surface area (Å²) in [5.41, 5.74) is 1.32. The van der Waals surface area contributed by atoms with Gasteiger partial charge in [-0.15, -0.1) is 0 Å². The van der Waals surface area contributed by atoms with Gasteiger partial charge < -0.3 is 10.1 Å². The number of hydrogen-bond acceptors (Lipinski definition) is 5. The maximum Gasteiger partial charge on any atom is 0.337 e. The molecule has 6 nitrogen and oxygen atoms in total. The number of carbonyl (C=O) groups is 2. The van der Waals surface area contributed by atoms with E-state index in [1.54, 1.807) is 30.3 Å². The highest BCUT2D eigenvalue weighted by atomic mass is 79.9. The lowest BCUT2D eigenvalue weighted by atomic mass is 9.87. The summed E-state index contributed by atoms with van der Waals surface area (Å²) in [6.07, 6.45) is 4.95. The van der Waals surface area contributed by atoms with Crippen molar-refractivity contribution in [1.82, 2.24) is 10.3 Å². The standard InChI is InChI=1S/C22H20BrN3O3/c1-29-21(28)15-7-9-17(10-8-15)22(11-2-3-12-22)26-20(27)16(14-24)13-18-5-4-6-19(23)25-18/h4-10,13H,2-3,11-12H2,1H3,(H,26,27)/b16-13+. The molecule has 0 unspecified atom stereocenters. The molecule has 0 spiro atoms. The molecule has 7 heteroatoms. The van der Waals surface area contributed by atoms with Crippen molar-refractivity contribution in [2.24, 2.45) is 0 Å². The molecule has 1 aliphatic carbocycles. The number of ether oxygens (including phenoxy) is 1. The van der Waals surface area contributed by atoms with Gasteiger partial charge in [0.25, 0.3) is 5.91 Å². The first-order valence-corrected chi connectivity index (χ1v) is 10.0. The summed E-state index contributed by atoms with van der Waals surface area (Å²) < 4.78 is 5.37. The summed E-state index contributed by atoms with van der Waals surface area (Å²) in [4.78, 5) is 28.8. The Balaban J connectivity index is 1.87. The second-order valence-corrected chi connectivity index (χ2v) is 7.68. The highest BCUT2D eigenvalue weighted by molar-refractivity contribution is 9.10. The van der Waals surface area contributed by atoms with Gasteiger partial charge in [-0.1, -0.05) is 31.0 Å². The Hall–Kier alpha value is -2.98. The summed E-state index contributed by atoms with van der Waals surface area (Å²) in [6.45, 7) is 0. The molecule has 0 bridgehead atoms. The zero-order chi connectivity index (χ0) is 20.9. The van der Waals surface area contributed by atoms with Gasteiger partial charge >= 0.3 is 5.97 Å². The second-order valence-electron chi connectivity index (χ2n) is 6.87. The van der Waals surface area contributed by atoms with Crippen LogP contribution in [0.5, 0.6) is 0 Å². The molecular formula is C22H20BrN3O3. The Kier molecular flexibility index (Phi) is 6.45. The molecule has 1 aromatic carbocycles. The molecular weight excluding hydrogens is 434 g/mol. The molecule has 0 saturated heterocycles. The van der Waals surface area contributed by atoms with Gasteiger partial charge in [-0.2, -0.15) is 5.26 Å². The number of aromatic nitrogens is 1.